The number of hydrogen-bond donors (Lipinski definition) is 2. The zero-order chi connectivity index (χ0) is 32.2. The van der Waals surface area contributed by atoms with Crippen LogP contribution in [0.15, 0.2) is 77.3 Å². The van der Waals surface area contributed by atoms with Crippen molar-refractivity contribution in [1.29, 1.82) is 5.41 Å². The quantitative estimate of drug-likeness (QED) is 0.116. The van der Waals surface area contributed by atoms with Crippen molar-refractivity contribution in [1.82, 2.24) is 9.97 Å². The third kappa shape index (κ3) is 7.44. The number of ether oxygens (including phenoxy) is 1. The van der Waals surface area contributed by atoms with Crippen molar-refractivity contribution in [3.63, 3.8) is 0 Å². The van der Waals surface area contributed by atoms with Crippen molar-refractivity contribution in [3.05, 3.63) is 89.9 Å². The number of hydrogen-bond acceptors (Lipinski definition) is 8. The highest BCUT2D eigenvalue weighted by Crippen LogP contribution is 2.35. The molecule has 4 rings (SSSR count). The molecule has 0 radical (unpaired) electrons. The van der Waals surface area contributed by atoms with Gasteiger partial charge >= 0.3 is 12.1 Å². The number of Topliss-reactive ketones (excluding diaryl/α,β-unsaturated/α-hetero) is 1. The zero-order valence-electron chi connectivity index (χ0n) is 24.3. The molecule has 0 unspecified atom stereocenters. The van der Waals surface area contributed by atoms with Crippen molar-refractivity contribution < 1.29 is 36.7 Å². The van der Waals surface area contributed by atoms with E-state index in [1.54, 1.807) is 58.0 Å². The number of halogens is 3. The Balaban J connectivity index is 1.46. The largest absolute Gasteiger partial charge is 0.459 e. The summed E-state index contributed by atoms with van der Waals surface area (Å²) in [6.07, 6.45) is -3.46. The Hall–Kier alpha value is -5.13. The number of aromatic nitrogens is 2. The summed E-state index contributed by atoms with van der Waals surface area (Å²) < 4.78 is 51.1. The molecule has 1 amide bonds. The second-order valence-corrected chi connectivity index (χ2v) is 10.8. The Morgan fingerprint density at radius 3 is 2.16 bits per heavy atom. The van der Waals surface area contributed by atoms with E-state index < -0.39 is 46.8 Å². The average Bonchev–Trinajstić information content (AvgIpc) is 3.44. The van der Waals surface area contributed by atoms with Gasteiger partial charge in [0.05, 0.1) is 23.3 Å². The van der Waals surface area contributed by atoms with Gasteiger partial charge in [-0.2, -0.15) is 13.2 Å². The molecular formula is C32H29F3N4O5. The van der Waals surface area contributed by atoms with E-state index in [1.807, 2.05) is 0 Å². The number of pyridine rings is 1. The lowest BCUT2D eigenvalue weighted by Gasteiger charge is -2.23. The number of oxazole rings is 1. The van der Waals surface area contributed by atoms with E-state index >= 15 is 0 Å². The second-order valence-electron chi connectivity index (χ2n) is 10.8. The van der Waals surface area contributed by atoms with Crippen LogP contribution in [0.2, 0.25) is 0 Å². The monoisotopic (exact) mass is 606 g/mol. The van der Waals surface area contributed by atoms with E-state index in [0.29, 0.717) is 11.3 Å². The first kappa shape index (κ1) is 31.8. The van der Waals surface area contributed by atoms with Crippen molar-refractivity contribution in [2.24, 2.45) is 5.92 Å². The zero-order valence-corrected chi connectivity index (χ0v) is 24.3. The molecule has 2 heterocycles. The van der Waals surface area contributed by atoms with Crippen LogP contribution in [-0.2, 0) is 15.7 Å². The van der Waals surface area contributed by atoms with Crippen LogP contribution < -0.4 is 5.32 Å². The highest BCUT2D eigenvalue weighted by molar-refractivity contribution is 6.47. The van der Waals surface area contributed by atoms with Gasteiger partial charge in [-0.3, -0.25) is 19.4 Å². The SMILES string of the molecule is CC[C@H](C(=N)C(=O)c1ccc(-c2ccc(NC(=O)c3nc(-c4ccccc4)oc3C(F)(F)F)cn2)cc1)C(=O)OC(C)(C)C. The average molecular weight is 607 g/mol. The molecule has 12 heteroatoms. The number of alkyl halides is 3. The molecule has 0 saturated carbocycles. The molecule has 1 atom stereocenters. The smallest absolute Gasteiger partial charge is 0.452 e. The summed E-state index contributed by atoms with van der Waals surface area (Å²) in [5, 5.41) is 10.7. The van der Waals surface area contributed by atoms with Gasteiger partial charge in [-0.05, 0) is 51.5 Å². The molecule has 0 bridgehead atoms. The maximum Gasteiger partial charge on any atom is 0.452 e. The number of ketones is 1. The predicted molar refractivity (Wildman–Crippen MR) is 156 cm³/mol. The number of carbonyl (C=O) groups is 3. The number of anilines is 1. The second kappa shape index (κ2) is 12.6. The summed E-state index contributed by atoms with van der Waals surface area (Å²) in [7, 11) is 0. The highest BCUT2D eigenvalue weighted by atomic mass is 19.4. The molecule has 228 valence electrons. The first-order valence-electron chi connectivity index (χ1n) is 13.5. The summed E-state index contributed by atoms with van der Waals surface area (Å²) >= 11 is 0. The van der Waals surface area contributed by atoms with Gasteiger partial charge in [-0.1, -0.05) is 49.4 Å². The van der Waals surface area contributed by atoms with E-state index in [9.17, 15) is 27.6 Å². The lowest BCUT2D eigenvalue weighted by Crippen LogP contribution is -2.35. The molecule has 0 saturated heterocycles. The fraction of sp³-hybridized carbons (Fsp3) is 0.250. The minimum absolute atomic E-state index is 0.115. The van der Waals surface area contributed by atoms with Crippen LogP contribution in [0.4, 0.5) is 18.9 Å². The number of nitrogens with zero attached hydrogens (tertiary/aromatic N) is 2. The third-order valence-corrected chi connectivity index (χ3v) is 6.28. The number of amides is 1. The first-order chi connectivity index (χ1) is 20.7. The van der Waals surface area contributed by atoms with E-state index in [0.717, 1.165) is 0 Å². The van der Waals surface area contributed by atoms with Gasteiger partial charge in [0.15, 0.2) is 5.69 Å². The molecule has 2 N–H and O–H groups in total. The molecule has 0 fully saturated rings. The lowest BCUT2D eigenvalue weighted by molar-refractivity contribution is -0.157. The lowest BCUT2D eigenvalue weighted by atomic mass is 9.93. The molecule has 0 aliphatic heterocycles. The van der Waals surface area contributed by atoms with Crippen LogP contribution in [0.25, 0.3) is 22.7 Å². The standard InChI is InChI=1S/C32H29F3N4O5/c1-5-22(30(42)44-31(2,3)4)24(36)26(40)19-13-11-18(12-14-19)23-16-15-21(17-37-23)38-28(41)25-27(32(33,34)35)43-29(39-25)20-9-7-6-8-10-20/h6-17,22,36H,5H2,1-4H3,(H,38,41)/t22-/m1/s1. The van der Waals surface area contributed by atoms with Crippen molar-refractivity contribution >= 4 is 29.1 Å². The molecule has 44 heavy (non-hydrogen) atoms. The van der Waals surface area contributed by atoms with Gasteiger partial charge < -0.3 is 19.9 Å². The number of rotatable bonds is 9. The fourth-order valence-corrected chi connectivity index (χ4v) is 4.17. The number of nitrogens with one attached hydrogen (secondary N) is 2. The van der Waals surface area contributed by atoms with Gasteiger partial charge in [-0.25, -0.2) is 4.98 Å². The molecule has 4 aromatic rings. The number of carbonyl (C=O) groups excluding carboxylic acids is 3. The summed E-state index contributed by atoms with van der Waals surface area (Å²) in [5.74, 6) is -5.23. The van der Waals surface area contributed by atoms with E-state index in [2.05, 4.69) is 15.3 Å². The van der Waals surface area contributed by atoms with E-state index in [1.165, 1.54) is 42.6 Å². The highest BCUT2D eigenvalue weighted by Gasteiger charge is 2.42. The summed E-state index contributed by atoms with van der Waals surface area (Å²) in [4.78, 5) is 46.3. The topological polar surface area (TPSA) is 135 Å². The molecular weight excluding hydrogens is 577 g/mol. The fourth-order valence-electron chi connectivity index (χ4n) is 4.17. The van der Waals surface area contributed by atoms with Crippen LogP contribution in [0.5, 0.6) is 0 Å². The Labute approximate surface area is 251 Å². The van der Waals surface area contributed by atoms with Crippen molar-refractivity contribution in [2.75, 3.05) is 5.32 Å². The molecule has 0 aliphatic rings. The van der Waals surface area contributed by atoms with Crippen LogP contribution in [0.1, 0.15) is 60.7 Å². The van der Waals surface area contributed by atoms with Crippen LogP contribution >= 0.6 is 0 Å². The van der Waals surface area contributed by atoms with Crippen molar-refractivity contribution in [2.45, 2.75) is 45.9 Å². The molecule has 0 aliphatic carbocycles. The van der Waals surface area contributed by atoms with Gasteiger partial charge in [0, 0.05) is 16.7 Å². The van der Waals surface area contributed by atoms with E-state index in [4.69, 9.17) is 14.6 Å². The summed E-state index contributed by atoms with van der Waals surface area (Å²) in [5.41, 5.74) is -0.408. The maximum atomic E-state index is 13.6. The van der Waals surface area contributed by atoms with E-state index in [-0.39, 0.29) is 34.8 Å². The van der Waals surface area contributed by atoms with Gasteiger partial charge in [0.25, 0.3) is 5.91 Å². The van der Waals surface area contributed by atoms with Crippen molar-refractivity contribution in [3.8, 4) is 22.7 Å². The third-order valence-electron chi connectivity index (χ3n) is 6.28. The van der Waals surface area contributed by atoms with Crippen LogP contribution in [0, 0.1) is 11.3 Å². The Morgan fingerprint density at radius 2 is 1.61 bits per heavy atom. The molecule has 2 aromatic heterocycles. The molecule has 2 aromatic carbocycles. The van der Waals surface area contributed by atoms with Gasteiger partial charge in [-0.15, -0.1) is 0 Å². The number of esters is 1. The van der Waals surface area contributed by atoms with Crippen LogP contribution in [0.3, 0.4) is 0 Å². The molecule has 0 spiro atoms. The minimum Gasteiger partial charge on any atom is -0.459 e. The Morgan fingerprint density at radius 1 is 0.955 bits per heavy atom. The predicted octanol–water partition coefficient (Wildman–Crippen LogP) is 7.25. The first-order valence-corrected chi connectivity index (χ1v) is 13.5. The normalized spacial score (nSPS) is 12.3. The summed E-state index contributed by atoms with van der Waals surface area (Å²) in [6, 6.07) is 17.1. The number of benzene rings is 2. The van der Waals surface area contributed by atoms with Crippen LogP contribution in [-0.4, -0.2) is 38.9 Å². The minimum atomic E-state index is -4.95. The van der Waals surface area contributed by atoms with Gasteiger partial charge in [0.1, 0.15) is 11.5 Å². The summed E-state index contributed by atoms with van der Waals surface area (Å²) in [6.45, 7) is 6.81. The maximum absolute atomic E-state index is 13.6. The molecule has 9 nitrogen and oxygen atoms in total. The van der Waals surface area contributed by atoms with Gasteiger partial charge in [0.2, 0.25) is 17.4 Å². The Kier molecular flexibility index (Phi) is 9.12. The Bertz CT molecular complexity index is 1670.